The zero-order valence-corrected chi connectivity index (χ0v) is 16.3. The highest BCUT2D eigenvalue weighted by Crippen LogP contribution is 2.13. The van der Waals surface area contributed by atoms with Gasteiger partial charge >= 0.3 is 11.7 Å². The first-order valence-corrected chi connectivity index (χ1v) is 9.40. The van der Waals surface area contributed by atoms with Crippen molar-refractivity contribution in [1.29, 1.82) is 0 Å². The van der Waals surface area contributed by atoms with Crippen LogP contribution in [0.15, 0.2) is 33.9 Å². The van der Waals surface area contributed by atoms with Crippen molar-refractivity contribution in [3.05, 3.63) is 62.1 Å². The Balaban J connectivity index is 1.87. The Labute approximate surface area is 161 Å². The van der Waals surface area contributed by atoms with Crippen molar-refractivity contribution < 1.29 is 9.53 Å². The molecule has 3 rings (SSSR count). The van der Waals surface area contributed by atoms with Crippen LogP contribution in [0.1, 0.15) is 48.4 Å². The fourth-order valence-corrected chi connectivity index (χ4v) is 3.03. The predicted octanol–water partition coefficient (Wildman–Crippen LogP) is 2.14. The van der Waals surface area contributed by atoms with Gasteiger partial charge < -0.3 is 9.30 Å². The number of esters is 1. The molecule has 0 fully saturated rings. The van der Waals surface area contributed by atoms with E-state index in [9.17, 15) is 14.4 Å². The summed E-state index contributed by atoms with van der Waals surface area (Å²) in [5.41, 5.74) is 1.20. The van der Waals surface area contributed by atoms with Gasteiger partial charge in [-0.25, -0.2) is 14.6 Å². The van der Waals surface area contributed by atoms with E-state index in [4.69, 9.17) is 4.74 Å². The maximum Gasteiger partial charge on any atom is 0.338 e. The molecule has 0 amide bonds. The average Bonchev–Trinajstić information content (AvgIpc) is 3.02. The summed E-state index contributed by atoms with van der Waals surface area (Å²) in [5, 5.41) is 0. The molecule has 2 heterocycles. The van der Waals surface area contributed by atoms with Gasteiger partial charge in [-0.2, -0.15) is 0 Å². The first-order chi connectivity index (χ1) is 13.5. The molecule has 1 aromatic carbocycles. The molecule has 0 aliphatic carbocycles. The molecule has 8 heteroatoms. The minimum atomic E-state index is -0.504. The molecule has 0 unspecified atom stereocenters. The number of imidazole rings is 1. The van der Waals surface area contributed by atoms with Gasteiger partial charge in [0.25, 0.3) is 5.56 Å². The van der Waals surface area contributed by atoms with E-state index in [0.29, 0.717) is 23.6 Å². The molecule has 0 atom stereocenters. The van der Waals surface area contributed by atoms with E-state index in [0.717, 1.165) is 24.8 Å². The fourth-order valence-electron chi connectivity index (χ4n) is 3.03. The molecular formula is C20H24N4O4. The normalized spacial score (nSPS) is 11.1. The molecule has 8 nitrogen and oxygen atoms in total. The Hall–Kier alpha value is -3.16. The van der Waals surface area contributed by atoms with Crippen molar-refractivity contribution in [2.75, 3.05) is 0 Å². The molecule has 0 spiro atoms. The van der Waals surface area contributed by atoms with Crippen molar-refractivity contribution in [2.24, 2.45) is 7.05 Å². The standard InChI is InChI=1S/C20H24N4O4/c1-4-6-11-24-17-16(18(25)22-20(24)27)23(3)15(21-17)12-28-19(26)14-9-7-13(5-2)8-10-14/h7-10H,4-6,11-12H2,1-3H3,(H,22,25,27). The number of rotatable bonds is 7. The average molecular weight is 384 g/mol. The summed E-state index contributed by atoms with van der Waals surface area (Å²) < 4.78 is 8.38. The SMILES string of the molecule is CCCCn1c(=O)[nH]c(=O)c2c1nc(COC(=O)c1ccc(CC)cc1)n2C. The van der Waals surface area contributed by atoms with Gasteiger partial charge in [-0.05, 0) is 30.5 Å². The number of aryl methyl sites for hydroxylation is 3. The van der Waals surface area contributed by atoms with Crippen molar-refractivity contribution in [3.8, 4) is 0 Å². The highest BCUT2D eigenvalue weighted by molar-refractivity contribution is 5.89. The molecule has 3 aromatic rings. The van der Waals surface area contributed by atoms with E-state index >= 15 is 0 Å². The van der Waals surface area contributed by atoms with Crippen LogP contribution in [0.3, 0.4) is 0 Å². The summed E-state index contributed by atoms with van der Waals surface area (Å²) in [4.78, 5) is 43.4. The number of nitrogens with one attached hydrogen (secondary N) is 1. The van der Waals surface area contributed by atoms with E-state index in [1.165, 1.54) is 4.57 Å². The third kappa shape index (κ3) is 3.76. The summed E-state index contributed by atoms with van der Waals surface area (Å²) in [6.45, 7) is 4.43. The summed E-state index contributed by atoms with van der Waals surface area (Å²) in [6, 6.07) is 7.22. The van der Waals surface area contributed by atoms with Crippen LogP contribution < -0.4 is 11.2 Å². The van der Waals surface area contributed by atoms with Gasteiger partial charge in [0.1, 0.15) is 12.4 Å². The lowest BCUT2D eigenvalue weighted by Crippen LogP contribution is -2.31. The zero-order chi connectivity index (χ0) is 20.3. The summed E-state index contributed by atoms with van der Waals surface area (Å²) in [7, 11) is 1.67. The molecule has 1 N–H and O–H groups in total. The number of fused-ring (bicyclic) bond motifs is 1. The third-order valence-electron chi connectivity index (χ3n) is 4.77. The Bertz CT molecular complexity index is 1110. The van der Waals surface area contributed by atoms with E-state index < -0.39 is 17.2 Å². The molecule has 28 heavy (non-hydrogen) atoms. The topological polar surface area (TPSA) is 99.0 Å². The number of carbonyl (C=O) groups excluding carboxylic acids is 1. The number of aromatic amines is 1. The lowest BCUT2D eigenvalue weighted by Gasteiger charge is -2.05. The lowest BCUT2D eigenvalue weighted by atomic mass is 10.1. The van der Waals surface area contributed by atoms with Gasteiger partial charge in [0, 0.05) is 13.6 Å². The monoisotopic (exact) mass is 384 g/mol. The van der Waals surface area contributed by atoms with Crippen LogP contribution in [-0.4, -0.2) is 25.1 Å². The minimum absolute atomic E-state index is 0.0963. The maximum atomic E-state index is 12.3. The minimum Gasteiger partial charge on any atom is -0.454 e. The first kappa shape index (κ1) is 19.6. The smallest absolute Gasteiger partial charge is 0.338 e. The van der Waals surface area contributed by atoms with E-state index in [1.54, 1.807) is 23.7 Å². The van der Waals surface area contributed by atoms with Crippen LogP contribution in [-0.2, 0) is 31.4 Å². The largest absolute Gasteiger partial charge is 0.454 e. The van der Waals surface area contributed by atoms with Crippen molar-refractivity contribution >= 4 is 17.1 Å². The van der Waals surface area contributed by atoms with E-state index in [-0.39, 0.29) is 12.1 Å². The number of aromatic nitrogens is 4. The zero-order valence-electron chi connectivity index (χ0n) is 16.3. The number of nitrogens with zero attached hydrogens (tertiary/aromatic N) is 3. The third-order valence-corrected chi connectivity index (χ3v) is 4.77. The Morgan fingerprint density at radius 1 is 1.18 bits per heavy atom. The molecule has 0 aliphatic heterocycles. The number of unbranched alkanes of at least 4 members (excludes halogenated alkanes) is 1. The molecule has 0 saturated carbocycles. The van der Waals surface area contributed by atoms with Crippen LogP contribution in [0.2, 0.25) is 0 Å². The van der Waals surface area contributed by atoms with Crippen LogP contribution in [0.5, 0.6) is 0 Å². The number of ether oxygens (including phenoxy) is 1. The van der Waals surface area contributed by atoms with Gasteiger partial charge in [0.05, 0.1) is 5.56 Å². The Kier molecular flexibility index (Phi) is 5.77. The molecule has 0 aliphatic rings. The van der Waals surface area contributed by atoms with E-state index in [1.807, 2.05) is 26.0 Å². The van der Waals surface area contributed by atoms with Gasteiger partial charge in [-0.15, -0.1) is 0 Å². The molecular weight excluding hydrogens is 360 g/mol. The van der Waals surface area contributed by atoms with Crippen molar-refractivity contribution in [2.45, 2.75) is 46.3 Å². The fraction of sp³-hybridized carbons (Fsp3) is 0.400. The molecule has 0 saturated heterocycles. The van der Waals surface area contributed by atoms with Crippen LogP contribution in [0.4, 0.5) is 0 Å². The Morgan fingerprint density at radius 3 is 2.54 bits per heavy atom. The Morgan fingerprint density at radius 2 is 1.89 bits per heavy atom. The molecule has 0 radical (unpaired) electrons. The molecule has 2 aromatic heterocycles. The van der Waals surface area contributed by atoms with Crippen molar-refractivity contribution in [3.63, 3.8) is 0 Å². The van der Waals surface area contributed by atoms with Crippen LogP contribution in [0, 0.1) is 0 Å². The second-order valence-electron chi connectivity index (χ2n) is 6.65. The van der Waals surface area contributed by atoms with E-state index in [2.05, 4.69) is 9.97 Å². The predicted molar refractivity (Wildman–Crippen MR) is 105 cm³/mol. The highest BCUT2D eigenvalue weighted by Gasteiger charge is 2.17. The number of H-pyrrole nitrogens is 1. The number of benzene rings is 1. The summed E-state index contributed by atoms with van der Waals surface area (Å²) >= 11 is 0. The summed E-state index contributed by atoms with van der Waals surface area (Å²) in [5.74, 6) is -0.0677. The van der Waals surface area contributed by atoms with Crippen molar-refractivity contribution in [1.82, 2.24) is 19.1 Å². The molecule has 148 valence electrons. The number of hydrogen-bond donors (Lipinski definition) is 1. The van der Waals surface area contributed by atoms with Gasteiger partial charge in [-0.3, -0.25) is 14.3 Å². The van der Waals surface area contributed by atoms with Gasteiger partial charge in [0.15, 0.2) is 11.2 Å². The van der Waals surface area contributed by atoms with Gasteiger partial charge in [-0.1, -0.05) is 32.4 Å². The highest BCUT2D eigenvalue weighted by atomic mass is 16.5. The van der Waals surface area contributed by atoms with Gasteiger partial charge in [0.2, 0.25) is 0 Å². The molecule has 0 bridgehead atoms. The number of carbonyl (C=O) groups is 1. The number of hydrogen-bond acceptors (Lipinski definition) is 5. The quantitative estimate of drug-likeness (QED) is 0.629. The second kappa shape index (κ2) is 8.24. The summed E-state index contributed by atoms with van der Waals surface area (Å²) in [6.07, 6.45) is 2.58. The van der Waals surface area contributed by atoms with Crippen LogP contribution >= 0.6 is 0 Å². The maximum absolute atomic E-state index is 12.3. The second-order valence-corrected chi connectivity index (χ2v) is 6.65. The lowest BCUT2D eigenvalue weighted by molar-refractivity contribution is 0.0459. The van der Waals surface area contributed by atoms with Crippen LogP contribution in [0.25, 0.3) is 11.2 Å². The first-order valence-electron chi connectivity index (χ1n) is 9.40.